The molecular formula is C20H15N3O3. The normalized spacial score (nSPS) is 12.6. The van der Waals surface area contributed by atoms with Gasteiger partial charge in [-0.3, -0.25) is 9.36 Å². The fourth-order valence-electron chi connectivity index (χ4n) is 3.12. The van der Waals surface area contributed by atoms with Gasteiger partial charge in [-0.15, -0.1) is 0 Å². The first-order chi connectivity index (χ1) is 12.7. The second-order valence-corrected chi connectivity index (χ2v) is 6.21. The third kappa shape index (κ3) is 2.84. The van der Waals surface area contributed by atoms with Gasteiger partial charge in [0.2, 0.25) is 0 Å². The number of hydrogen-bond donors (Lipinski definition) is 0. The van der Waals surface area contributed by atoms with Crippen LogP contribution in [0.15, 0.2) is 47.3 Å². The van der Waals surface area contributed by atoms with Crippen LogP contribution in [-0.2, 0) is 24.3 Å². The Morgan fingerprint density at radius 3 is 2.81 bits per heavy atom. The molecular weight excluding hydrogens is 330 g/mol. The van der Waals surface area contributed by atoms with Crippen molar-refractivity contribution < 1.29 is 9.53 Å². The lowest BCUT2D eigenvalue weighted by atomic mass is 10.1. The number of rotatable bonds is 3. The topological polar surface area (TPSA) is 85.0 Å². The molecule has 6 nitrogen and oxygen atoms in total. The first-order valence-electron chi connectivity index (χ1n) is 8.35. The van der Waals surface area contributed by atoms with Gasteiger partial charge in [0.05, 0.1) is 28.1 Å². The summed E-state index contributed by atoms with van der Waals surface area (Å²) in [6.45, 7) is 0.814. The number of nitriles is 1. The molecule has 0 aliphatic carbocycles. The van der Waals surface area contributed by atoms with Crippen molar-refractivity contribution in [1.29, 1.82) is 5.26 Å². The Labute approximate surface area is 149 Å². The van der Waals surface area contributed by atoms with E-state index in [2.05, 4.69) is 4.98 Å². The summed E-state index contributed by atoms with van der Waals surface area (Å²) in [5, 5.41) is 9.31. The lowest BCUT2D eigenvalue weighted by molar-refractivity contribution is 0.0473. The van der Waals surface area contributed by atoms with E-state index >= 15 is 0 Å². The van der Waals surface area contributed by atoms with Crippen LogP contribution in [0.2, 0.25) is 0 Å². The molecule has 3 aromatic rings. The Kier molecular flexibility index (Phi) is 3.98. The predicted molar refractivity (Wildman–Crippen MR) is 94.6 cm³/mol. The SMILES string of the molecule is N#Cc1ccc(COC(=O)c2ccc3c(=O)n4c(nc3c2)CCC4)cc1. The number of benzene rings is 2. The van der Waals surface area contributed by atoms with E-state index in [1.165, 1.54) is 0 Å². The van der Waals surface area contributed by atoms with E-state index in [9.17, 15) is 9.59 Å². The third-order valence-electron chi connectivity index (χ3n) is 4.51. The minimum Gasteiger partial charge on any atom is -0.457 e. The summed E-state index contributed by atoms with van der Waals surface area (Å²) in [6, 6.07) is 13.7. The van der Waals surface area contributed by atoms with E-state index in [-0.39, 0.29) is 12.2 Å². The van der Waals surface area contributed by atoms with Gasteiger partial charge in [0, 0.05) is 13.0 Å². The Morgan fingerprint density at radius 2 is 2.04 bits per heavy atom. The number of esters is 1. The second kappa shape index (κ2) is 6.45. The summed E-state index contributed by atoms with van der Waals surface area (Å²) < 4.78 is 7.03. The number of aryl methyl sites for hydroxylation is 1. The van der Waals surface area contributed by atoms with Crippen LogP contribution >= 0.6 is 0 Å². The molecule has 0 amide bonds. The Bertz CT molecular complexity index is 1110. The van der Waals surface area contributed by atoms with Gasteiger partial charge >= 0.3 is 5.97 Å². The van der Waals surface area contributed by atoms with Crippen molar-refractivity contribution in [3.8, 4) is 6.07 Å². The van der Waals surface area contributed by atoms with E-state index in [4.69, 9.17) is 10.00 Å². The standard InChI is InChI=1S/C20H15N3O3/c21-11-13-3-5-14(6-4-13)12-26-20(25)15-7-8-16-17(10-15)22-18-2-1-9-23(18)19(16)24/h3-8,10H,1-2,9,12H2. The van der Waals surface area contributed by atoms with Crippen molar-refractivity contribution in [2.24, 2.45) is 0 Å². The van der Waals surface area contributed by atoms with Crippen molar-refractivity contribution in [2.75, 3.05) is 0 Å². The zero-order valence-electron chi connectivity index (χ0n) is 13.9. The number of nitrogens with zero attached hydrogens (tertiary/aromatic N) is 3. The molecule has 0 saturated carbocycles. The fraction of sp³-hybridized carbons (Fsp3) is 0.200. The van der Waals surface area contributed by atoms with Crippen molar-refractivity contribution in [1.82, 2.24) is 9.55 Å². The average molecular weight is 345 g/mol. The molecule has 0 saturated heterocycles. The van der Waals surface area contributed by atoms with Gasteiger partial charge in [-0.05, 0) is 42.3 Å². The molecule has 0 fully saturated rings. The van der Waals surface area contributed by atoms with Gasteiger partial charge < -0.3 is 4.74 Å². The Balaban J connectivity index is 1.56. The third-order valence-corrected chi connectivity index (χ3v) is 4.51. The Morgan fingerprint density at radius 1 is 1.23 bits per heavy atom. The van der Waals surface area contributed by atoms with E-state index in [0.717, 1.165) is 24.2 Å². The highest BCUT2D eigenvalue weighted by atomic mass is 16.5. The van der Waals surface area contributed by atoms with Crippen LogP contribution in [0.5, 0.6) is 0 Å². The summed E-state index contributed by atoms with van der Waals surface area (Å²) in [6.07, 6.45) is 1.69. The quantitative estimate of drug-likeness (QED) is 0.681. The van der Waals surface area contributed by atoms with Crippen molar-refractivity contribution in [2.45, 2.75) is 26.0 Å². The Hall–Kier alpha value is -3.46. The number of carbonyl (C=O) groups is 1. The molecule has 1 aromatic heterocycles. The first-order valence-corrected chi connectivity index (χ1v) is 8.35. The van der Waals surface area contributed by atoms with E-state index in [0.29, 0.717) is 28.6 Å². The lowest BCUT2D eigenvalue weighted by Crippen LogP contribution is -2.21. The number of aromatic nitrogens is 2. The summed E-state index contributed by atoms with van der Waals surface area (Å²) in [4.78, 5) is 29.3. The van der Waals surface area contributed by atoms with E-state index in [1.54, 1.807) is 47.0 Å². The van der Waals surface area contributed by atoms with Crippen LogP contribution in [0.25, 0.3) is 10.9 Å². The monoisotopic (exact) mass is 345 g/mol. The molecule has 0 spiro atoms. The molecule has 1 aliphatic heterocycles. The minimum absolute atomic E-state index is 0.0556. The van der Waals surface area contributed by atoms with Crippen molar-refractivity contribution in [3.63, 3.8) is 0 Å². The summed E-state index contributed by atoms with van der Waals surface area (Å²) >= 11 is 0. The molecule has 128 valence electrons. The zero-order chi connectivity index (χ0) is 18.1. The first kappa shape index (κ1) is 16.0. The van der Waals surface area contributed by atoms with Crippen LogP contribution in [0.1, 0.15) is 33.7 Å². The van der Waals surface area contributed by atoms with Crippen molar-refractivity contribution in [3.05, 3.63) is 75.3 Å². The van der Waals surface area contributed by atoms with Crippen LogP contribution < -0.4 is 5.56 Å². The summed E-state index contributed by atoms with van der Waals surface area (Å²) in [5.41, 5.74) is 2.18. The number of hydrogen-bond acceptors (Lipinski definition) is 5. The molecule has 0 atom stereocenters. The highest BCUT2D eigenvalue weighted by molar-refractivity contribution is 5.94. The molecule has 0 unspecified atom stereocenters. The van der Waals surface area contributed by atoms with E-state index < -0.39 is 5.97 Å². The van der Waals surface area contributed by atoms with E-state index in [1.807, 2.05) is 6.07 Å². The van der Waals surface area contributed by atoms with Gasteiger partial charge in [-0.1, -0.05) is 12.1 Å². The van der Waals surface area contributed by atoms with Crippen LogP contribution in [0.4, 0.5) is 0 Å². The second-order valence-electron chi connectivity index (χ2n) is 6.21. The maximum absolute atomic E-state index is 12.4. The molecule has 4 rings (SSSR count). The maximum Gasteiger partial charge on any atom is 0.338 e. The molecule has 2 aromatic carbocycles. The molecule has 0 N–H and O–H groups in total. The van der Waals surface area contributed by atoms with Crippen molar-refractivity contribution >= 4 is 16.9 Å². The van der Waals surface area contributed by atoms with Crippen LogP contribution in [-0.4, -0.2) is 15.5 Å². The number of carbonyl (C=O) groups excluding carboxylic acids is 1. The molecule has 26 heavy (non-hydrogen) atoms. The highest BCUT2D eigenvalue weighted by Gasteiger charge is 2.17. The molecule has 6 heteroatoms. The molecule has 0 bridgehead atoms. The zero-order valence-corrected chi connectivity index (χ0v) is 13.9. The molecule has 1 aliphatic rings. The summed E-state index contributed by atoms with van der Waals surface area (Å²) in [5.74, 6) is 0.296. The number of fused-ring (bicyclic) bond motifs is 2. The van der Waals surface area contributed by atoms with Gasteiger partial charge in [-0.2, -0.15) is 5.26 Å². The van der Waals surface area contributed by atoms with Gasteiger partial charge in [0.1, 0.15) is 12.4 Å². The lowest BCUT2D eigenvalue weighted by Gasteiger charge is -2.08. The molecule has 2 heterocycles. The molecule has 0 radical (unpaired) electrons. The summed E-state index contributed by atoms with van der Waals surface area (Å²) in [7, 11) is 0. The number of ether oxygens (including phenoxy) is 1. The smallest absolute Gasteiger partial charge is 0.338 e. The average Bonchev–Trinajstić information content (AvgIpc) is 3.15. The fourth-order valence-corrected chi connectivity index (χ4v) is 3.12. The van der Waals surface area contributed by atoms with Gasteiger partial charge in [-0.25, -0.2) is 9.78 Å². The van der Waals surface area contributed by atoms with Gasteiger partial charge in [0.25, 0.3) is 5.56 Å². The van der Waals surface area contributed by atoms with Crippen LogP contribution in [0.3, 0.4) is 0 Å². The largest absolute Gasteiger partial charge is 0.457 e. The van der Waals surface area contributed by atoms with Crippen LogP contribution in [0, 0.1) is 11.3 Å². The minimum atomic E-state index is -0.473. The van der Waals surface area contributed by atoms with Gasteiger partial charge in [0.15, 0.2) is 0 Å². The highest BCUT2D eigenvalue weighted by Crippen LogP contribution is 2.17. The predicted octanol–water partition coefficient (Wildman–Crippen LogP) is 2.57. The maximum atomic E-state index is 12.4.